The van der Waals surface area contributed by atoms with Crippen LogP contribution in [0.3, 0.4) is 0 Å². The Morgan fingerprint density at radius 2 is 1.81 bits per heavy atom. The van der Waals surface area contributed by atoms with Crippen molar-refractivity contribution in [1.82, 2.24) is 0 Å². The topological polar surface area (TPSA) is 101 Å². The Morgan fingerprint density at radius 3 is 2.24 bits per heavy atom. The van der Waals surface area contributed by atoms with Gasteiger partial charge in [0, 0.05) is 0 Å². The maximum Gasteiger partial charge on any atom is 0.378 e. The first-order chi connectivity index (χ1) is 9.52. The van der Waals surface area contributed by atoms with Gasteiger partial charge in [-0.1, -0.05) is 0 Å². The number of carbonyl (C=O) groups excluding carboxylic acids is 1. The van der Waals surface area contributed by atoms with E-state index < -0.39 is 30.8 Å². The van der Waals surface area contributed by atoms with Crippen LogP contribution in [-0.4, -0.2) is 38.8 Å². The van der Waals surface area contributed by atoms with E-state index in [0.717, 1.165) is 41.9 Å². The highest BCUT2D eigenvalue weighted by atomic mass is 127. The SMILES string of the molecule is O=C(OC1C2CC3CC1CC(O)(C3)C2)C(F)(I)S(=O)(=O)O. The van der Waals surface area contributed by atoms with E-state index in [-0.39, 0.29) is 11.8 Å². The molecule has 0 aromatic carbocycles. The monoisotopic (exact) mass is 434 g/mol. The van der Waals surface area contributed by atoms with Gasteiger partial charge in [-0.25, -0.2) is 4.79 Å². The average Bonchev–Trinajstić information content (AvgIpc) is 2.29. The molecule has 4 aliphatic carbocycles. The average molecular weight is 434 g/mol. The molecule has 0 aromatic heterocycles. The molecule has 3 atom stereocenters. The molecular weight excluding hydrogens is 418 g/mol. The van der Waals surface area contributed by atoms with E-state index in [1.54, 1.807) is 0 Å². The van der Waals surface area contributed by atoms with Gasteiger partial charge in [-0.3, -0.25) is 4.55 Å². The largest absolute Gasteiger partial charge is 0.458 e. The van der Waals surface area contributed by atoms with Gasteiger partial charge >= 0.3 is 19.1 Å². The molecule has 4 aliphatic rings. The molecule has 0 heterocycles. The number of hydrogen-bond donors (Lipinski definition) is 2. The van der Waals surface area contributed by atoms with Crippen LogP contribution in [0.25, 0.3) is 0 Å². The lowest BCUT2D eigenvalue weighted by Gasteiger charge is -2.57. The van der Waals surface area contributed by atoms with Crippen LogP contribution in [0, 0.1) is 17.8 Å². The summed E-state index contributed by atoms with van der Waals surface area (Å²) in [6.07, 6.45) is 2.74. The van der Waals surface area contributed by atoms with Crippen LogP contribution in [0.5, 0.6) is 0 Å². The van der Waals surface area contributed by atoms with E-state index in [9.17, 15) is 22.7 Å². The van der Waals surface area contributed by atoms with E-state index in [4.69, 9.17) is 9.29 Å². The van der Waals surface area contributed by atoms with Gasteiger partial charge in [0.1, 0.15) is 6.10 Å². The van der Waals surface area contributed by atoms with Gasteiger partial charge in [0.25, 0.3) is 0 Å². The third-order valence-electron chi connectivity index (χ3n) is 4.96. The van der Waals surface area contributed by atoms with E-state index >= 15 is 0 Å². The van der Waals surface area contributed by atoms with Crippen molar-refractivity contribution in [3.8, 4) is 0 Å². The third kappa shape index (κ3) is 2.59. The Labute approximate surface area is 135 Å². The molecule has 6 nitrogen and oxygen atoms in total. The Hall–Kier alpha value is -0.000000000000000187. The number of esters is 1. The summed E-state index contributed by atoms with van der Waals surface area (Å²) < 4.78 is 46.1. The second kappa shape index (κ2) is 4.75. The van der Waals surface area contributed by atoms with Crippen molar-refractivity contribution in [3.63, 3.8) is 0 Å². The smallest absolute Gasteiger partial charge is 0.378 e. The maximum atomic E-state index is 13.9. The highest BCUT2D eigenvalue weighted by Gasteiger charge is 2.58. The molecule has 0 spiro atoms. The second-order valence-electron chi connectivity index (χ2n) is 6.56. The molecule has 2 N–H and O–H groups in total. The highest BCUT2D eigenvalue weighted by Crippen LogP contribution is 2.56. The van der Waals surface area contributed by atoms with Crippen molar-refractivity contribution in [2.24, 2.45) is 17.8 Å². The predicted molar refractivity (Wildman–Crippen MR) is 77.8 cm³/mol. The first-order valence-corrected chi connectivity index (χ1v) is 9.32. The lowest BCUT2D eigenvalue weighted by molar-refractivity contribution is -0.200. The summed E-state index contributed by atoms with van der Waals surface area (Å²) in [6, 6.07) is 0. The fourth-order valence-corrected chi connectivity index (χ4v) is 4.81. The van der Waals surface area contributed by atoms with Crippen molar-refractivity contribution in [2.75, 3.05) is 0 Å². The van der Waals surface area contributed by atoms with Crippen molar-refractivity contribution >= 4 is 38.7 Å². The fourth-order valence-electron chi connectivity index (χ4n) is 4.42. The van der Waals surface area contributed by atoms with Crippen LogP contribution in [0.4, 0.5) is 4.39 Å². The minimum Gasteiger partial charge on any atom is -0.458 e. The lowest BCUT2D eigenvalue weighted by atomic mass is 9.53. The molecule has 3 unspecified atom stereocenters. The molecule has 21 heavy (non-hydrogen) atoms. The van der Waals surface area contributed by atoms with Crippen LogP contribution in [-0.2, 0) is 19.6 Å². The standard InChI is InChI=1S/C12H16FIO6S/c13-12(14,21(17,18)19)10(15)20-9-7-1-6-2-8(9)5-11(16,3-6)4-7/h6-9,16H,1-5H2,(H,17,18,19). The first kappa shape index (κ1) is 15.9. The Morgan fingerprint density at radius 1 is 1.29 bits per heavy atom. The van der Waals surface area contributed by atoms with Crippen molar-refractivity contribution < 1.29 is 32.0 Å². The molecule has 4 fully saturated rings. The molecule has 9 heteroatoms. The summed E-state index contributed by atoms with van der Waals surface area (Å²) in [6.45, 7) is 0. The van der Waals surface area contributed by atoms with Gasteiger partial charge in [0.15, 0.2) is 0 Å². The fraction of sp³-hybridized carbons (Fsp3) is 0.917. The van der Waals surface area contributed by atoms with Crippen LogP contribution < -0.4 is 0 Å². The van der Waals surface area contributed by atoms with Crippen LogP contribution in [0.1, 0.15) is 32.1 Å². The second-order valence-corrected chi connectivity index (χ2v) is 10.3. The van der Waals surface area contributed by atoms with Crippen LogP contribution in [0.15, 0.2) is 0 Å². The lowest BCUT2D eigenvalue weighted by Crippen LogP contribution is -2.58. The number of ether oxygens (including phenoxy) is 1. The number of aliphatic hydroxyl groups is 1. The van der Waals surface area contributed by atoms with Crippen molar-refractivity contribution in [1.29, 1.82) is 0 Å². The van der Waals surface area contributed by atoms with Crippen molar-refractivity contribution in [3.05, 3.63) is 0 Å². The summed E-state index contributed by atoms with van der Waals surface area (Å²) >= 11 is 0.736. The predicted octanol–water partition coefficient (Wildman–Crippen LogP) is 1.42. The zero-order valence-electron chi connectivity index (χ0n) is 11.0. The van der Waals surface area contributed by atoms with Crippen LogP contribution >= 0.6 is 22.6 Å². The molecule has 0 aliphatic heterocycles. The molecule has 0 radical (unpaired) electrons. The summed E-state index contributed by atoms with van der Waals surface area (Å²) in [7, 11) is -5.19. The Kier molecular flexibility index (Phi) is 3.59. The Bertz CT molecular complexity index is 560. The molecule has 0 aromatic rings. The van der Waals surface area contributed by atoms with Crippen LogP contribution in [0.2, 0.25) is 0 Å². The quantitative estimate of drug-likeness (QED) is 0.302. The van der Waals surface area contributed by atoms with E-state index in [2.05, 4.69) is 0 Å². The maximum absolute atomic E-state index is 13.9. The molecular formula is C12H16FIO6S. The van der Waals surface area contributed by atoms with E-state index in [0.29, 0.717) is 18.8 Å². The third-order valence-corrected chi connectivity index (χ3v) is 7.88. The van der Waals surface area contributed by atoms with Gasteiger partial charge in [-0.15, -0.1) is 0 Å². The molecule has 0 saturated heterocycles. The first-order valence-electron chi connectivity index (χ1n) is 6.80. The minimum absolute atomic E-state index is 0.0706. The Balaban J connectivity index is 1.76. The summed E-state index contributed by atoms with van der Waals surface area (Å²) in [5.41, 5.74) is -0.723. The van der Waals surface area contributed by atoms with Gasteiger partial charge in [-0.05, 0) is 72.4 Å². The molecule has 120 valence electrons. The van der Waals surface area contributed by atoms with Gasteiger partial charge in [-0.2, -0.15) is 12.8 Å². The zero-order chi connectivity index (χ0) is 15.6. The van der Waals surface area contributed by atoms with Crippen molar-refractivity contribution in [2.45, 2.75) is 46.8 Å². The van der Waals surface area contributed by atoms with Gasteiger partial charge in [0.2, 0.25) is 0 Å². The summed E-state index contributed by atoms with van der Waals surface area (Å²) in [5, 5.41) is 10.4. The minimum atomic E-state index is -5.19. The van der Waals surface area contributed by atoms with Gasteiger partial charge < -0.3 is 9.84 Å². The number of hydrogen-bond acceptors (Lipinski definition) is 5. The molecule has 4 saturated carbocycles. The molecule has 4 bridgehead atoms. The molecule has 0 amide bonds. The summed E-state index contributed by atoms with van der Waals surface area (Å²) in [4.78, 5) is 11.8. The number of carbonyl (C=O) groups is 1. The van der Waals surface area contributed by atoms with E-state index in [1.165, 1.54) is 0 Å². The number of rotatable bonds is 3. The van der Waals surface area contributed by atoms with E-state index in [1.807, 2.05) is 0 Å². The number of halogens is 2. The number of alkyl halides is 2. The highest BCUT2D eigenvalue weighted by molar-refractivity contribution is 14.1. The summed E-state index contributed by atoms with van der Waals surface area (Å²) in [5.74, 6) is -1.34. The zero-order valence-corrected chi connectivity index (χ0v) is 14.0. The molecule has 4 rings (SSSR count). The van der Waals surface area contributed by atoms with Gasteiger partial charge in [0.05, 0.1) is 5.60 Å². The normalized spacial score (nSPS) is 44.4.